The second-order valence-corrected chi connectivity index (χ2v) is 9.70. The Labute approximate surface area is 172 Å². The van der Waals surface area contributed by atoms with Crippen LogP contribution < -0.4 is 10.2 Å². The molecule has 0 aliphatic carbocycles. The molecule has 10 heteroatoms. The lowest BCUT2D eigenvalue weighted by molar-refractivity contribution is -0.139. The number of nitrogens with one attached hydrogen (secondary N) is 1. The van der Waals surface area contributed by atoms with Gasteiger partial charge in [0.2, 0.25) is 16.9 Å². The average molecular weight is 424 g/mol. The molecule has 0 unspecified atom stereocenters. The van der Waals surface area contributed by atoms with E-state index in [1.165, 1.54) is 23.1 Å². The van der Waals surface area contributed by atoms with Crippen molar-refractivity contribution in [3.8, 4) is 0 Å². The molecule has 8 nitrogen and oxygen atoms in total. The highest BCUT2D eigenvalue weighted by Crippen LogP contribution is 2.29. The smallest absolute Gasteiger partial charge is 0.230 e. The number of nitrogens with zero attached hydrogens (tertiary/aromatic N) is 4. The standard InChI is InChI=1S/C18H25N5O3S2/c1-18(2,3)15(25)22-6-8-23(9-7-22)16-20-21-17(28-16)27-12-14(24)19-11-13-5-4-10-26-13/h4-5,10H,6-9,11-12H2,1-3H3,(H,19,24). The van der Waals surface area contributed by atoms with Crippen LogP contribution in [0, 0.1) is 5.41 Å². The zero-order valence-corrected chi connectivity index (χ0v) is 17.9. The summed E-state index contributed by atoms with van der Waals surface area (Å²) >= 11 is 2.85. The van der Waals surface area contributed by atoms with Gasteiger partial charge in [-0.1, -0.05) is 43.9 Å². The molecule has 152 valence electrons. The summed E-state index contributed by atoms with van der Waals surface area (Å²) in [4.78, 5) is 28.4. The van der Waals surface area contributed by atoms with Gasteiger partial charge in [-0.2, -0.15) is 0 Å². The molecule has 1 saturated heterocycles. The molecule has 1 N–H and O–H groups in total. The summed E-state index contributed by atoms with van der Waals surface area (Å²) in [5.74, 6) is 1.11. The maximum atomic E-state index is 12.4. The van der Waals surface area contributed by atoms with Gasteiger partial charge >= 0.3 is 0 Å². The Morgan fingerprint density at radius 2 is 2.00 bits per heavy atom. The molecule has 3 rings (SSSR count). The summed E-state index contributed by atoms with van der Waals surface area (Å²) in [7, 11) is 0. The number of hydrogen-bond donors (Lipinski definition) is 1. The highest BCUT2D eigenvalue weighted by molar-refractivity contribution is 8.01. The summed E-state index contributed by atoms with van der Waals surface area (Å²) in [6.07, 6.45) is 1.58. The molecule has 0 bridgehead atoms. The topological polar surface area (TPSA) is 91.6 Å². The van der Waals surface area contributed by atoms with E-state index in [0.29, 0.717) is 19.6 Å². The number of piperazine rings is 1. The van der Waals surface area contributed by atoms with Crippen molar-refractivity contribution in [3.63, 3.8) is 0 Å². The molecule has 2 aromatic heterocycles. The molecule has 0 aromatic carbocycles. The third kappa shape index (κ3) is 5.48. The fourth-order valence-corrected chi connectivity index (χ4v) is 4.46. The van der Waals surface area contributed by atoms with Crippen LogP contribution >= 0.6 is 23.1 Å². The first kappa shape index (κ1) is 20.7. The van der Waals surface area contributed by atoms with Crippen molar-refractivity contribution in [2.24, 2.45) is 5.41 Å². The van der Waals surface area contributed by atoms with E-state index in [0.717, 1.165) is 28.3 Å². The third-order valence-electron chi connectivity index (χ3n) is 4.24. The van der Waals surface area contributed by atoms with Crippen LogP contribution in [0.3, 0.4) is 0 Å². The van der Waals surface area contributed by atoms with Gasteiger partial charge in [-0.15, -0.1) is 10.2 Å². The van der Waals surface area contributed by atoms with Gasteiger partial charge in [-0.05, 0) is 12.1 Å². The van der Waals surface area contributed by atoms with E-state index < -0.39 is 0 Å². The molecule has 3 heterocycles. The molecule has 2 amide bonds. The molecule has 28 heavy (non-hydrogen) atoms. The van der Waals surface area contributed by atoms with Gasteiger partial charge < -0.3 is 19.5 Å². The van der Waals surface area contributed by atoms with Crippen LogP contribution in [-0.2, 0) is 16.1 Å². The Hall–Kier alpha value is -2.07. The number of furan rings is 1. The zero-order chi connectivity index (χ0) is 20.1. The molecular formula is C18H25N5O3S2. The van der Waals surface area contributed by atoms with E-state index in [2.05, 4.69) is 20.4 Å². The van der Waals surface area contributed by atoms with Crippen molar-refractivity contribution < 1.29 is 14.0 Å². The van der Waals surface area contributed by atoms with Crippen LogP contribution in [0.1, 0.15) is 26.5 Å². The van der Waals surface area contributed by atoms with E-state index in [4.69, 9.17) is 4.42 Å². The van der Waals surface area contributed by atoms with Gasteiger partial charge in [0.15, 0.2) is 4.34 Å². The van der Waals surface area contributed by atoms with Crippen LogP contribution in [0.25, 0.3) is 0 Å². The lowest BCUT2D eigenvalue weighted by Crippen LogP contribution is -2.51. The fraction of sp³-hybridized carbons (Fsp3) is 0.556. The summed E-state index contributed by atoms with van der Waals surface area (Å²) in [5, 5.41) is 12.1. The third-order valence-corrected chi connectivity index (χ3v) is 6.36. The van der Waals surface area contributed by atoms with Crippen LogP contribution in [0.15, 0.2) is 27.2 Å². The lowest BCUT2D eigenvalue weighted by Gasteiger charge is -2.37. The number of amides is 2. The number of hydrogen-bond acceptors (Lipinski definition) is 8. The SMILES string of the molecule is CC(C)(C)C(=O)N1CCN(c2nnc(SCC(=O)NCc3ccco3)s2)CC1. The van der Waals surface area contributed by atoms with E-state index in [1.54, 1.807) is 12.3 Å². The Bertz CT molecular complexity index is 793. The number of carbonyl (C=O) groups excluding carboxylic acids is 2. The number of thioether (sulfide) groups is 1. The molecule has 0 atom stereocenters. The van der Waals surface area contributed by atoms with Crippen LogP contribution in [0.5, 0.6) is 0 Å². The minimum Gasteiger partial charge on any atom is -0.467 e. The quantitative estimate of drug-likeness (QED) is 0.713. The van der Waals surface area contributed by atoms with Crippen molar-refractivity contribution in [2.75, 3.05) is 36.8 Å². The number of anilines is 1. The van der Waals surface area contributed by atoms with Gasteiger partial charge in [-0.25, -0.2) is 0 Å². The summed E-state index contributed by atoms with van der Waals surface area (Å²) in [6.45, 7) is 9.07. The van der Waals surface area contributed by atoms with E-state index in [9.17, 15) is 9.59 Å². The zero-order valence-electron chi connectivity index (χ0n) is 16.3. The summed E-state index contributed by atoms with van der Waals surface area (Å²) in [5.41, 5.74) is -0.355. The Kier molecular flexibility index (Phi) is 6.61. The largest absolute Gasteiger partial charge is 0.467 e. The molecule has 1 aliphatic heterocycles. The number of aromatic nitrogens is 2. The number of rotatable bonds is 6. The minimum atomic E-state index is -0.355. The summed E-state index contributed by atoms with van der Waals surface area (Å²) in [6, 6.07) is 3.61. The van der Waals surface area contributed by atoms with Crippen molar-refractivity contribution in [2.45, 2.75) is 31.7 Å². The molecule has 0 spiro atoms. The van der Waals surface area contributed by atoms with Crippen LogP contribution in [0.4, 0.5) is 5.13 Å². The van der Waals surface area contributed by atoms with Crippen LogP contribution in [0.2, 0.25) is 0 Å². The molecule has 2 aromatic rings. The fourth-order valence-electron chi connectivity index (χ4n) is 2.74. The lowest BCUT2D eigenvalue weighted by atomic mass is 9.94. The Balaban J connectivity index is 1.43. The van der Waals surface area contributed by atoms with Gasteiger partial charge in [0.25, 0.3) is 0 Å². The molecule has 0 radical (unpaired) electrons. The maximum absolute atomic E-state index is 12.4. The van der Waals surface area contributed by atoms with Gasteiger partial charge in [0.05, 0.1) is 18.6 Å². The highest BCUT2D eigenvalue weighted by Gasteiger charge is 2.30. The van der Waals surface area contributed by atoms with Gasteiger partial charge in [-0.3, -0.25) is 9.59 Å². The molecule has 1 fully saturated rings. The van der Waals surface area contributed by atoms with Gasteiger partial charge in [0.1, 0.15) is 5.76 Å². The van der Waals surface area contributed by atoms with Crippen molar-refractivity contribution >= 4 is 40.0 Å². The van der Waals surface area contributed by atoms with E-state index >= 15 is 0 Å². The summed E-state index contributed by atoms with van der Waals surface area (Å²) < 4.78 is 5.95. The second-order valence-electron chi connectivity index (χ2n) is 7.52. The van der Waals surface area contributed by atoms with Crippen LogP contribution in [-0.4, -0.2) is 58.8 Å². The van der Waals surface area contributed by atoms with Gasteiger partial charge in [0, 0.05) is 31.6 Å². The minimum absolute atomic E-state index is 0.0764. The number of carbonyl (C=O) groups is 2. The monoisotopic (exact) mass is 423 g/mol. The van der Waals surface area contributed by atoms with E-state index in [1.807, 2.05) is 31.7 Å². The molecule has 1 aliphatic rings. The predicted octanol–water partition coefficient (Wildman–Crippen LogP) is 2.23. The first-order valence-corrected chi connectivity index (χ1v) is 10.9. The van der Waals surface area contributed by atoms with Crippen molar-refractivity contribution in [1.29, 1.82) is 0 Å². The Morgan fingerprint density at radius 3 is 2.64 bits per heavy atom. The van der Waals surface area contributed by atoms with E-state index in [-0.39, 0.29) is 23.0 Å². The first-order chi connectivity index (χ1) is 13.3. The second kappa shape index (κ2) is 8.95. The average Bonchev–Trinajstić information content (AvgIpc) is 3.35. The van der Waals surface area contributed by atoms with Crippen molar-refractivity contribution in [3.05, 3.63) is 24.2 Å². The first-order valence-electron chi connectivity index (χ1n) is 9.12. The highest BCUT2D eigenvalue weighted by atomic mass is 32.2. The molecular weight excluding hydrogens is 398 g/mol. The predicted molar refractivity (Wildman–Crippen MR) is 109 cm³/mol. The van der Waals surface area contributed by atoms with Crippen molar-refractivity contribution in [1.82, 2.24) is 20.4 Å². The Morgan fingerprint density at radius 1 is 1.25 bits per heavy atom. The normalized spacial score (nSPS) is 15.0. The maximum Gasteiger partial charge on any atom is 0.230 e. The molecule has 0 saturated carbocycles.